The normalized spacial score (nSPS) is 20.4. The second kappa shape index (κ2) is 7.50. The molecule has 1 aliphatic carbocycles. The number of carboxylic acid groups (broad SMARTS) is 1. The Morgan fingerprint density at radius 2 is 1.88 bits per heavy atom. The molecule has 134 valence electrons. The molecule has 1 fully saturated rings. The highest BCUT2D eigenvalue weighted by Crippen LogP contribution is 2.31. The molecule has 8 heteroatoms. The van der Waals surface area contributed by atoms with E-state index in [1.54, 1.807) is 23.3 Å². The number of aryl methyl sites for hydroxylation is 1. The maximum absolute atomic E-state index is 12.5. The first-order chi connectivity index (χ1) is 12.1. The molecule has 3 rings (SSSR count). The maximum Gasteiger partial charge on any atom is 0.307 e. The molecule has 0 spiro atoms. The van der Waals surface area contributed by atoms with Crippen molar-refractivity contribution in [2.24, 2.45) is 11.8 Å². The van der Waals surface area contributed by atoms with Crippen LogP contribution in [0.5, 0.6) is 0 Å². The lowest BCUT2D eigenvalue weighted by Gasteiger charge is -2.27. The molecule has 2 atom stereocenters. The van der Waals surface area contributed by atoms with Crippen molar-refractivity contribution in [2.45, 2.75) is 45.7 Å². The Kier molecular flexibility index (Phi) is 5.16. The molecular formula is C17H23N5O3. The van der Waals surface area contributed by atoms with E-state index in [-0.39, 0.29) is 5.91 Å². The zero-order valence-corrected chi connectivity index (χ0v) is 14.3. The Labute approximate surface area is 145 Å². The summed E-state index contributed by atoms with van der Waals surface area (Å²) in [6, 6.07) is 0. The summed E-state index contributed by atoms with van der Waals surface area (Å²) in [5.41, 5.74) is 1.61. The first kappa shape index (κ1) is 17.2. The van der Waals surface area contributed by atoms with Gasteiger partial charge in [-0.2, -0.15) is 10.2 Å². The highest BCUT2D eigenvalue weighted by atomic mass is 16.4. The number of carboxylic acids is 1. The molecule has 2 heterocycles. The predicted octanol–water partition coefficient (Wildman–Crippen LogP) is 1.98. The van der Waals surface area contributed by atoms with Gasteiger partial charge in [-0.1, -0.05) is 12.8 Å². The van der Waals surface area contributed by atoms with Crippen LogP contribution in [0, 0.1) is 11.8 Å². The van der Waals surface area contributed by atoms with Gasteiger partial charge in [-0.05, 0) is 19.8 Å². The number of hydrogen-bond acceptors (Lipinski definition) is 4. The molecule has 0 bridgehead atoms. The third-order valence-electron chi connectivity index (χ3n) is 4.68. The minimum absolute atomic E-state index is 0.231. The second-order valence-electron chi connectivity index (χ2n) is 6.46. The molecule has 0 saturated heterocycles. The fourth-order valence-corrected chi connectivity index (χ4v) is 3.34. The van der Waals surface area contributed by atoms with E-state index in [0.29, 0.717) is 25.1 Å². The third-order valence-corrected chi connectivity index (χ3v) is 4.68. The van der Waals surface area contributed by atoms with Gasteiger partial charge in [0.15, 0.2) is 0 Å². The Balaban J connectivity index is 1.62. The molecule has 8 nitrogen and oxygen atoms in total. The Morgan fingerprint density at radius 1 is 1.16 bits per heavy atom. The molecule has 1 amide bonds. The summed E-state index contributed by atoms with van der Waals surface area (Å²) in [5, 5.41) is 20.6. The molecule has 0 radical (unpaired) electrons. The van der Waals surface area contributed by atoms with Gasteiger partial charge in [0.25, 0.3) is 0 Å². The summed E-state index contributed by atoms with van der Waals surface area (Å²) in [6.45, 7) is 3.40. The van der Waals surface area contributed by atoms with Crippen molar-refractivity contribution in [1.29, 1.82) is 0 Å². The number of carbonyl (C=O) groups excluding carboxylic acids is 1. The van der Waals surface area contributed by atoms with Gasteiger partial charge in [0, 0.05) is 24.5 Å². The van der Waals surface area contributed by atoms with E-state index in [4.69, 9.17) is 0 Å². The van der Waals surface area contributed by atoms with E-state index in [2.05, 4.69) is 15.5 Å². The van der Waals surface area contributed by atoms with Crippen LogP contribution in [0.2, 0.25) is 0 Å². The number of nitrogens with zero attached hydrogens (tertiary/aromatic N) is 4. The lowest BCUT2D eigenvalue weighted by molar-refractivity contribution is -0.147. The molecule has 2 unspecified atom stereocenters. The van der Waals surface area contributed by atoms with E-state index in [1.165, 1.54) is 0 Å². The minimum atomic E-state index is -0.886. The van der Waals surface area contributed by atoms with Crippen LogP contribution in [0.4, 0.5) is 5.69 Å². The van der Waals surface area contributed by atoms with Crippen molar-refractivity contribution in [3.8, 4) is 0 Å². The van der Waals surface area contributed by atoms with Gasteiger partial charge in [0.05, 0.1) is 36.5 Å². The van der Waals surface area contributed by atoms with Crippen molar-refractivity contribution in [1.82, 2.24) is 19.6 Å². The standard InChI is InChI=1S/C17H23N5O3/c1-2-21-9-12(7-18-21)10-22-11-13(8-19-22)20-16(23)14-5-3-4-6-15(14)17(24)25/h7-9,11,14-15H,2-6,10H2,1H3,(H,20,23)(H,24,25). The summed E-state index contributed by atoms with van der Waals surface area (Å²) in [7, 11) is 0. The minimum Gasteiger partial charge on any atom is -0.481 e. The highest BCUT2D eigenvalue weighted by Gasteiger charge is 2.35. The number of hydrogen-bond donors (Lipinski definition) is 2. The number of nitrogens with one attached hydrogen (secondary N) is 1. The fraction of sp³-hybridized carbons (Fsp3) is 0.529. The second-order valence-corrected chi connectivity index (χ2v) is 6.46. The topological polar surface area (TPSA) is 102 Å². The number of amides is 1. The van der Waals surface area contributed by atoms with Gasteiger partial charge in [-0.25, -0.2) is 0 Å². The highest BCUT2D eigenvalue weighted by molar-refractivity contribution is 5.95. The largest absolute Gasteiger partial charge is 0.481 e. The van der Waals surface area contributed by atoms with Gasteiger partial charge in [0.2, 0.25) is 5.91 Å². The Bertz CT molecular complexity index is 751. The molecule has 25 heavy (non-hydrogen) atoms. The zero-order chi connectivity index (χ0) is 17.8. The fourth-order valence-electron chi connectivity index (χ4n) is 3.34. The quantitative estimate of drug-likeness (QED) is 0.833. The average Bonchev–Trinajstić information content (AvgIpc) is 3.24. The smallest absolute Gasteiger partial charge is 0.307 e. The van der Waals surface area contributed by atoms with E-state index in [9.17, 15) is 14.7 Å². The van der Waals surface area contributed by atoms with Crippen molar-refractivity contribution in [2.75, 3.05) is 5.32 Å². The van der Waals surface area contributed by atoms with E-state index in [1.807, 2.05) is 17.8 Å². The molecule has 1 aliphatic rings. The average molecular weight is 345 g/mol. The van der Waals surface area contributed by atoms with Gasteiger partial charge in [0.1, 0.15) is 0 Å². The molecular weight excluding hydrogens is 322 g/mol. The van der Waals surface area contributed by atoms with Crippen LogP contribution < -0.4 is 5.32 Å². The summed E-state index contributed by atoms with van der Waals surface area (Å²) in [4.78, 5) is 23.8. The van der Waals surface area contributed by atoms with Crippen LogP contribution >= 0.6 is 0 Å². The number of anilines is 1. The van der Waals surface area contributed by atoms with E-state index in [0.717, 1.165) is 24.9 Å². The summed E-state index contributed by atoms with van der Waals surface area (Å²) >= 11 is 0. The Hall–Kier alpha value is -2.64. The monoisotopic (exact) mass is 345 g/mol. The molecule has 1 saturated carbocycles. The van der Waals surface area contributed by atoms with E-state index < -0.39 is 17.8 Å². The van der Waals surface area contributed by atoms with Crippen molar-refractivity contribution in [3.05, 3.63) is 30.4 Å². The summed E-state index contributed by atoms with van der Waals surface area (Å²) in [6.07, 6.45) is 10.0. The maximum atomic E-state index is 12.5. The lowest BCUT2D eigenvalue weighted by Crippen LogP contribution is -2.35. The van der Waals surface area contributed by atoms with Gasteiger partial charge < -0.3 is 10.4 Å². The van der Waals surface area contributed by atoms with Crippen LogP contribution in [-0.2, 0) is 22.7 Å². The van der Waals surface area contributed by atoms with Gasteiger partial charge >= 0.3 is 5.97 Å². The molecule has 2 N–H and O–H groups in total. The van der Waals surface area contributed by atoms with Crippen LogP contribution in [-0.4, -0.2) is 36.5 Å². The van der Waals surface area contributed by atoms with Crippen molar-refractivity contribution in [3.63, 3.8) is 0 Å². The predicted molar refractivity (Wildman–Crippen MR) is 90.9 cm³/mol. The Morgan fingerprint density at radius 3 is 2.56 bits per heavy atom. The number of aliphatic carboxylic acids is 1. The molecule has 2 aromatic heterocycles. The lowest BCUT2D eigenvalue weighted by atomic mass is 9.78. The first-order valence-corrected chi connectivity index (χ1v) is 8.64. The van der Waals surface area contributed by atoms with Crippen molar-refractivity contribution >= 4 is 17.6 Å². The van der Waals surface area contributed by atoms with Crippen molar-refractivity contribution < 1.29 is 14.7 Å². The van der Waals surface area contributed by atoms with Crippen LogP contribution in [0.25, 0.3) is 0 Å². The molecule has 0 aliphatic heterocycles. The van der Waals surface area contributed by atoms with E-state index >= 15 is 0 Å². The number of carbonyl (C=O) groups is 2. The number of aromatic nitrogens is 4. The summed E-state index contributed by atoms with van der Waals surface area (Å²) < 4.78 is 3.57. The molecule has 2 aromatic rings. The summed E-state index contributed by atoms with van der Waals surface area (Å²) in [5.74, 6) is -2.19. The van der Waals surface area contributed by atoms with Gasteiger partial charge in [-0.3, -0.25) is 19.0 Å². The molecule has 0 aromatic carbocycles. The third kappa shape index (κ3) is 4.07. The van der Waals surface area contributed by atoms with Crippen LogP contribution in [0.1, 0.15) is 38.2 Å². The van der Waals surface area contributed by atoms with Gasteiger partial charge in [-0.15, -0.1) is 0 Å². The first-order valence-electron chi connectivity index (χ1n) is 8.64. The van der Waals surface area contributed by atoms with Crippen LogP contribution in [0.3, 0.4) is 0 Å². The zero-order valence-electron chi connectivity index (χ0n) is 14.3. The SMILES string of the molecule is CCn1cc(Cn2cc(NC(=O)C3CCCCC3C(=O)O)cn2)cn1. The number of rotatable bonds is 6. The van der Waals surface area contributed by atoms with Crippen LogP contribution in [0.15, 0.2) is 24.8 Å².